The van der Waals surface area contributed by atoms with Crippen molar-refractivity contribution in [2.75, 3.05) is 13.1 Å². The fraction of sp³-hybridized carbons (Fsp3) is 0.412. The number of halogens is 2. The second-order valence-electron chi connectivity index (χ2n) is 5.89. The van der Waals surface area contributed by atoms with Crippen LogP contribution in [0.15, 0.2) is 29.6 Å². The van der Waals surface area contributed by atoms with Crippen molar-refractivity contribution in [3.8, 4) is 5.75 Å². The van der Waals surface area contributed by atoms with Crippen LogP contribution in [0, 0.1) is 11.7 Å². The maximum absolute atomic E-state index is 12.8. The number of hydrogen-bond donors (Lipinski definition) is 1. The highest BCUT2D eigenvalue weighted by molar-refractivity contribution is 7.09. The maximum atomic E-state index is 12.8. The van der Waals surface area contributed by atoms with Crippen LogP contribution < -0.4 is 4.74 Å². The van der Waals surface area contributed by atoms with E-state index in [1.54, 1.807) is 12.1 Å². The van der Waals surface area contributed by atoms with Crippen LogP contribution in [0.4, 0.5) is 4.39 Å². The molecule has 1 aromatic carbocycles. The fourth-order valence-electron chi connectivity index (χ4n) is 2.79. The van der Waals surface area contributed by atoms with Crippen LogP contribution in [0.2, 0.25) is 0 Å². The van der Waals surface area contributed by atoms with Gasteiger partial charge in [-0.15, -0.1) is 23.7 Å². The molecular weight excluding hydrogens is 367 g/mol. The Kier molecular flexibility index (Phi) is 7.16. The zero-order valence-corrected chi connectivity index (χ0v) is 15.2. The van der Waals surface area contributed by atoms with E-state index in [-0.39, 0.29) is 24.1 Å². The summed E-state index contributed by atoms with van der Waals surface area (Å²) >= 11 is 1.51. The lowest BCUT2D eigenvalue weighted by Crippen LogP contribution is -2.38. The minimum atomic E-state index is -0.716. The molecule has 0 saturated carbocycles. The summed E-state index contributed by atoms with van der Waals surface area (Å²) in [6.07, 6.45) is 1.65. The zero-order chi connectivity index (χ0) is 16.9. The molecule has 136 valence electrons. The minimum Gasteiger partial charge on any atom is -0.486 e. The summed E-state index contributed by atoms with van der Waals surface area (Å²) in [4.78, 5) is 17.8. The summed E-state index contributed by atoms with van der Waals surface area (Å²) in [6, 6.07) is 5.89. The number of carboxylic acid groups (broad SMARTS) is 1. The Balaban J connectivity index is 0.00000225. The van der Waals surface area contributed by atoms with E-state index in [0.29, 0.717) is 25.4 Å². The Morgan fingerprint density at radius 1 is 1.40 bits per heavy atom. The Hall–Kier alpha value is -1.70. The number of aliphatic carboxylic acids is 1. The van der Waals surface area contributed by atoms with E-state index in [9.17, 15) is 9.18 Å². The first kappa shape index (κ1) is 19.6. The molecule has 5 nitrogen and oxygen atoms in total. The van der Waals surface area contributed by atoms with Crippen LogP contribution in [0.25, 0.3) is 0 Å². The normalized spacial score (nSPS) is 17.7. The van der Waals surface area contributed by atoms with Gasteiger partial charge in [-0.25, -0.2) is 9.37 Å². The molecule has 0 bridgehead atoms. The molecule has 2 aromatic rings. The highest BCUT2D eigenvalue weighted by atomic mass is 35.5. The van der Waals surface area contributed by atoms with Crippen molar-refractivity contribution in [1.82, 2.24) is 9.88 Å². The number of carbonyl (C=O) groups is 1. The lowest BCUT2D eigenvalue weighted by Gasteiger charge is -2.29. The van der Waals surface area contributed by atoms with E-state index in [2.05, 4.69) is 9.88 Å². The topological polar surface area (TPSA) is 62.7 Å². The molecule has 1 unspecified atom stereocenters. The monoisotopic (exact) mass is 386 g/mol. The smallest absolute Gasteiger partial charge is 0.307 e. The molecule has 25 heavy (non-hydrogen) atoms. The van der Waals surface area contributed by atoms with Crippen molar-refractivity contribution in [3.63, 3.8) is 0 Å². The molecule has 0 spiro atoms. The predicted molar refractivity (Wildman–Crippen MR) is 95.7 cm³/mol. The average molecular weight is 387 g/mol. The van der Waals surface area contributed by atoms with Crippen molar-refractivity contribution in [2.24, 2.45) is 5.92 Å². The van der Waals surface area contributed by atoms with Gasteiger partial charge in [0.2, 0.25) is 0 Å². The number of thiazole rings is 1. The summed E-state index contributed by atoms with van der Waals surface area (Å²) in [5.41, 5.74) is 0.934. The quantitative estimate of drug-likeness (QED) is 0.822. The summed E-state index contributed by atoms with van der Waals surface area (Å²) in [5, 5.41) is 12.0. The highest BCUT2D eigenvalue weighted by Gasteiger charge is 2.25. The van der Waals surface area contributed by atoms with Crippen molar-refractivity contribution in [2.45, 2.75) is 26.0 Å². The lowest BCUT2D eigenvalue weighted by molar-refractivity contribution is -0.143. The molecule has 0 aliphatic carbocycles. The van der Waals surface area contributed by atoms with Gasteiger partial charge < -0.3 is 9.84 Å². The first-order valence-electron chi connectivity index (χ1n) is 7.87. The van der Waals surface area contributed by atoms with Crippen molar-refractivity contribution in [1.29, 1.82) is 0 Å². The van der Waals surface area contributed by atoms with Crippen LogP contribution in [0.1, 0.15) is 23.5 Å². The molecule has 1 aliphatic heterocycles. The van der Waals surface area contributed by atoms with Gasteiger partial charge in [0, 0.05) is 18.5 Å². The Labute approximate surface area is 155 Å². The molecule has 1 fully saturated rings. The van der Waals surface area contributed by atoms with E-state index >= 15 is 0 Å². The molecule has 1 aromatic heterocycles. The zero-order valence-electron chi connectivity index (χ0n) is 13.6. The lowest BCUT2D eigenvalue weighted by atomic mass is 9.98. The second-order valence-corrected chi connectivity index (χ2v) is 6.83. The average Bonchev–Trinajstić information content (AvgIpc) is 3.02. The van der Waals surface area contributed by atoms with Gasteiger partial charge in [-0.2, -0.15) is 0 Å². The van der Waals surface area contributed by atoms with Crippen molar-refractivity contribution >= 4 is 29.7 Å². The van der Waals surface area contributed by atoms with E-state index in [1.807, 2.05) is 5.38 Å². The maximum Gasteiger partial charge on any atom is 0.307 e. The molecule has 3 rings (SSSR count). The number of likely N-dealkylation sites (tertiary alicyclic amines) is 1. The summed E-state index contributed by atoms with van der Waals surface area (Å²) in [7, 11) is 0. The molecule has 1 atom stereocenters. The molecule has 0 radical (unpaired) electrons. The van der Waals surface area contributed by atoms with Crippen molar-refractivity contribution in [3.05, 3.63) is 46.2 Å². The van der Waals surface area contributed by atoms with Gasteiger partial charge in [0.1, 0.15) is 23.2 Å². The Morgan fingerprint density at radius 3 is 2.88 bits per heavy atom. The summed E-state index contributed by atoms with van der Waals surface area (Å²) in [6.45, 7) is 2.49. The number of benzene rings is 1. The summed E-state index contributed by atoms with van der Waals surface area (Å²) < 4.78 is 18.4. The van der Waals surface area contributed by atoms with E-state index in [4.69, 9.17) is 9.84 Å². The van der Waals surface area contributed by atoms with E-state index in [0.717, 1.165) is 30.1 Å². The van der Waals surface area contributed by atoms with Crippen LogP contribution in [-0.2, 0) is 17.9 Å². The molecule has 1 aliphatic rings. The number of piperidine rings is 1. The Morgan fingerprint density at radius 2 is 2.16 bits per heavy atom. The number of nitrogens with zero attached hydrogens (tertiary/aromatic N) is 2. The number of ether oxygens (including phenoxy) is 1. The summed E-state index contributed by atoms with van der Waals surface area (Å²) in [5.74, 6) is -0.682. The molecule has 2 heterocycles. The number of carboxylic acids is 1. The third kappa shape index (κ3) is 5.66. The predicted octanol–water partition coefficient (Wildman–Crippen LogP) is 3.58. The van der Waals surface area contributed by atoms with Crippen LogP contribution in [0.5, 0.6) is 5.75 Å². The molecule has 1 saturated heterocycles. The third-order valence-electron chi connectivity index (χ3n) is 4.02. The van der Waals surface area contributed by atoms with Gasteiger partial charge in [-0.05, 0) is 43.7 Å². The van der Waals surface area contributed by atoms with Crippen LogP contribution in [0.3, 0.4) is 0 Å². The Bertz CT molecular complexity index is 695. The van der Waals surface area contributed by atoms with Gasteiger partial charge in [-0.1, -0.05) is 0 Å². The first-order chi connectivity index (χ1) is 11.6. The largest absolute Gasteiger partial charge is 0.486 e. The van der Waals surface area contributed by atoms with Gasteiger partial charge in [0.05, 0.1) is 11.6 Å². The highest BCUT2D eigenvalue weighted by Crippen LogP contribution is 2.20. The first-order valence-corrected chi connectivity index (χ1v) is 8.75. The fourth-order valence-corrected chi connectivity index (χ4v) is 3.49. The number of hydrogen-bond acceptors (Lipinski definition) is 5. The van der Waals surface area contributed by atoms with Crippen LogP contribution >= 0.6 is 23.7 Å². The van der Waals surface area contributed by atoms with Gasteiger partial charge in [0.15, 0.2) is 0 Å². The minimum absolute atomic E-state index is 0. The van der Waals surface area contributed by atoms with Crippen LogP contribution in [-0.4, -0.2) is 34.0 Å². The molecular formula is C17H20ClFN2O3S. The molecule has 8 heteroatoms. The SMILES string of the molecule is Cl.O=C(O)C1CCCN(Cc2csc(COc3ccc(F)cc3)n2)C1. The number of rotatable bonds is 6. The standard InChI is InChI=1S/C17H19FN2O3S.ClH/c18-13-3-5-15(6-4-13)23-10-16-19-14(11-24-16)9-20-7-1-2-12(8-20)17(21)22;/h3-6,11-12H,1-2,7-10H2,(H,21,22);1H. The second kappa shape index (κ2) is 9.12. The van der Waals surface area contributed by atoms with E-state index < -0.39 is 5.97 Å². The van der Waals surface area contributed by atoms with E-state index in [1.165, 1.54) is 23.5 Å². The van der Waals surface area contributed by atoms with Gasteiger partial charge >= 0.3 is 5.97 Å². The van der Waals surface area contributed by atoms with Gasteiger partial charge in [-0.3, -0.25) is 9.69 Å². The van der Waals surface area contributed by atoms with Crippen molar-refractivity contribution < 1.29 is 19.0 Å². The molecule has 1 N–H and O–H groups in total. The third-order valence-corrected chi connectivity index (χ3v) is 4.89. The number of aromatic nitrogens is 1. The molecule has 0 amide bonds. The van der Waals surface area contributed by atoms with Gasteiger partial charge in [0.25, 0.3) is 0 Å².